The number of methoxy groups -OCH3 is 3. The van der Waals surface area contributed by atoms with E-state index in [1.807, 2.05) is 0 Å². The van der Waals surface area contributed by atoms with Crippen LogP contribution in [0.3, 0.4) is 0 Å². The van der Waals surface area contributed by atoms with Gasteiger partial charge in [-0.05, 0) is 12.1 Å². The molecule has 0 radical (unpaired) electrons. The third-order valence-electron chi connectivity index (χ3n) is 3.50. The maximum atomic E-state index is 5.74. The van der Waals surface area contributed by atoms with Gasteiger partial charge in [0.15, 0.2) is 11.5 Å². The van der Waals surface area contributed by atoms with Crippen LogP contribution in [0.4, 0.5) is 0 Å². The summed E-state index contributed by atoms with van der Waals surface area (Å²) in [6.07, 6.45) is 3.33. The van der Waals surface area contributed by atoms with Crippen LogP contribution in [-0.2, 0) is 6.42 Å². The van der Waals surface area contributed by atoms with Crippen molar-refractivity contribution >= 4 is 18.0 Å². The van der Waals surface area contributed by atoms with Crippen molar-refractivity contribution < 1.29 is 14.2 Å². The molecule has 1 aromatic heterocycles. The molecular formula is C15H18N8O3. The summed E-state index contributed by atoms with van der Waals surface area (Å²) < 4.78 is 17.4. The average Bonchev–Trinajstić information content (AvgIpc) is 3.05. The van der Waals surface area contributed by atoms with Gasteiger partial charge in [-0.25, -0.2) is 10.4 Å². The second-order valence-electron chi connectivity index (χ2n) is 5.11. The Kier molecular flexibility index (Phi) is 4.97. The molecule has 0 atom stereocenters. The van der Waals surface area contributed by atoms with Crippen LogP contribution in [0.2, 0.25) is 0 Å². The van der Waals surface area contributed by atoms with Crippen molar-refractivity contribution in [1.29, 1.82) is 0 Å². The van der Waals surface area contributed by atoms with Gasteiger partial charge in [-0.3, -0.25) is 0 Å². The van der Waals surface area contributed by atoms with Gasteiger partial charge in [0.25, 0.3) is 5.96 Å². The number of aromatic nitrogens is 3. The first-order valence-electron chi connectivity index (χ1n) is 7.54. The van der Waals surface area contributed by atoms with E-state index in [0.717, 1.165) is 5.56 Å². The van der Waals surface area contributed by atoms with Crippen molar-refractivity contribution in [3.63, 3.8) is 0 Å². The first-order valence-corrected chi connectivity index (χ1v) is 7.54. The van der Waals surface area contributed by atoms with Gasteiger partial charge in [-0.1, -0.05) is 0 Å². The molecule has 0 fully saturated rings. The molecule has 0 saturated heterocycles. The first-order chi connectivity index (χ1) is 12.7. The van der Waals surface area contributed by atoms with E-state index < -0.39 is 0 Å². The monoisotopic (exact) mass is 358 g/mol. The van der Waals surface area contributed by atoms with Gasteiger partial charge in [0, 0.05) is 5.56 Å². The van der Waals surface area contributed by atoms with Crippen LogP contribution < -0.4 is 25.4 Å². The van der Waals surface area contributed by atoms with Gasteiger partial charge in [0.1, 0.15) is 18.0 Å². The lowest BCUT2D eigenvalue weighted by atomic mass is 10.2. The standard InChI is InChI=1S/C15H18N8O3/c1-24-10-4-9(5-11(25-2)14(10)26-3)7-18-21-15-22-20-12(16)6-13-17-8-19-23(13)15/h4-5,7-8H,6H2,1-3H3,(H2,16,20)(H,21,22)/b18-7-. The number of hydrazone groups is 1. The predicted molar refractivity (Wildman–Crippen MR) is 95.0 cm³/mol. The normalized spacial score (nSPS) is 13.5. The highest BCUT2D eigenvalue weighted by molar-refractivity contribution is 5.89. The van der Waals surface area contributed by atoms with E-state index in [9.17, 15) is 0 Å². The summed E-state index contributed by atoms with van der Waals surface area (Å²) in [4.78, 5) is 4.12. The third kappa shape index (κ3) is 3.41. The van der Waals surface area contributed by atoms with Crippen LogP contribution >= 0.6 is 0 Å². The minimum Gasteiger partial charge on any atom is -0.493 e. The zero-order chi connectivity index (χ0) is 18.5. The summed E-state index contributed by atoms with van der Waals surface area (Å²) >= 11 is 0. The molecule has 11 heteroatoms. The number of rotatable bonds is 5. The molecule has 2 aromatic rings. The van der Waals surface area contributed by atoms with Gasteiger partial charge < -0.3 is 19.9 Å². The highest BCUT2D eigenvalue weighted by Gasteiger charge is 2.15. The Balaban J connectivity index is 1.83. The van der Waals surface area contributed by atoms with Crippen molar-refractivity contribution in [2.45, 2.75) is 6.42 Å². The van der Waals surface area contributed by atoms with E-state index in [-0.39, 0.29) is 5.96 Å². The lowest BCUT2D eigenvalue weighted by molar-refractivity contribution is 0.324. The number of amidine groups is 1. The summed E-state index contributed by atoms with van der Waals surface area (Å²) in [5.41, 5.74) is 9.24. The number of hydrogen-bond donors (Lipinski definition) is 2. The second kappa shape index (κ2) is 7.51. The van der Waals surface area contributed by atoms with Gasteiger partial charge in [-0.2, -0.15) is 14.9 Å². The molecule has 1 aliphatic rings. The highest BCUT2D eigenvalue weighted by Crippen LogP contribution is 2.37. The van der Waals surface area contributed by atoms with Gasteiger partial charge in [-0.15, -0.1) is 10.2 Å². The number of ether oxygens (including phenoxy) is 3. The summed E-state index contributed by atoms with van der Waals surface area (Å²) in [7, 11) is 4.64. The van der Waals surface area contributed by atoms with Crippen molar-refractivity contribution in [3.8, 4) is 17.2 Å². The maximum absolute atomic E-state index is 5.74. The number of nitrogens with one attached hydrogen (secondary N) is 1. The minimum atomic E-state index is 0.279. The molecule has 0 spiro atoms. The molecule has 3 rings (SSSR count). The lowest BCUT2D eigenvalue weighted by Gasteiger charge is -2.12. The highest BCUT2D eigenvalue weighted by atomic mass is 16.5. The molecule has 0 amide bonds. The fourth-order valence-electron chi connectivity index (χ4n) is 2.32. The number of benzene rings is 1. The van der Waals surface area contributed by atoms with Crippen LogP contribution in [0.25, 0.3) is 0 Å². The van der Waals surface area contributed by atoms with Gasteiger partial charge in [0.2, 0.25) is 5.75 Å². The van der Waals surface area contributed by atoms with Crippen molar-refractivity contribution in [2.75, 3.05) is 21.3 Å². The molecule has 0 bridgehead atoms. The van der Waals surface area contributed by atoms with Crippen LogP contribution in [0.5, 0.6) is 17.2 Å². The Bertz CT molecular complexity index is 862. The van der Waals surface area contributed by atoms with E-state index >= 15 is 0 Å². The maximum Gasteiger partial charge on any atom is 0.266 e. The van der Waals surface area contributed by atoms with E-state index in [2.05, 4.69) is 30.8 Å². The van der Waals surface area contributed by atoms with Crippen LogP contribution in [0, 0.1) is 0 Å². The van der Waals surface area contributed by atoms with Crippen molar-refractivity contribution in [1.82, 2.24) is 20.2 Å². The van der Waals surface area contributed by atoms with Crippen LogP contribution in [0.1, 0.15) is 11.4 Å². The minimum absolute atomic E-state index is 0.279. The zero-order valence-corrected chi connectivity index (χ0v) is 14.5. The number of fused-ring (bicyclic) bond motifs is 1. The number of hydrogen-bond acceptors (Lipinski definition) is 10. The summed E-state index contributed by atoms with van der Waals surface area (Å²) in [5, 5.41) is 16.1. The number of nitrogens with two attached hydrogens (primary N) is 1. The quantitative estimate of drug-likeness (QED) is 0.566. The summed E-state index contributed by atoms with van der Waals surface area (Å²) in [6, 6.07) is 3.52. The van der Waals surface area contributed by atoms with E-state index in [0.29, 0.717) is 35.3 Å². The van der Waals surface area contributed by atoms with Crippen LogP contribution in [-0.4, -0.2) is 54.1 Å². The van der Waals surface area contributed by atoms with Gasteiger partial charge in [0.05, 0.1) is 34.0 Å². The molecule has 1 aliphatic heterocycles. The van der Waals surface area contributed by atoms with E-state index in [1.54, 1.807) is 39.7 Å². The third-order valence-corrected chi connectivity index (χ3v) is 3.50. The van der Waals surface area contributed by atoms with E-state index in [4.69, 9.17) is 19.9 Å². The van der Waals surface area contributed by atoms with E-state index in [1.165, 1.54) is 11.0 Å². The Morgan fingerprint density at radius 2 is 1.88 bits per heavy atom. The van der Waals surface area contributed by atoms with Crippen LogP contribution in [0.15, 0.2) is 33.8 Å². The Labute approximate surface area is 149 Å². The average molecular weight is 358 g/mol. The predicted octanol–water partition coefficient (Wildman–Crippen LogP) is -0.0400. The smallest absolute Gasteiger partial charge is 0.266 e. The second-order valence-corrected chi connectivity index (χ2v) is 5.11. The zero-order valence-electron chi connectivity index (χ0n) is 14.5. The summed E-state index contributed by atoms with van der Waals surface area (Å²) in [5.74, 6) is 2.78. The van der Waals surface area contributed by atoms with Gasteiger partial charge >= 0.3 is 0 Å². The molecule has 0 aliphatic carbocycles. The Hall–Kier alpha value is -3.63. The molecule has 0 saturated carbocycles. The topological polar surface area (TPSA) is 134 Å². The summed E-state index contributed by atoms with van der Waals surface area (Å²) in [6.45, 7) is 0. The Morgan fingerprint density at radius 1 is 1.15 bits per heavy atom. The first kappa shape index (κ1) is 17.2. The lowest BCUT2D eigenvalue weighted by Crippen LogP contribution is -2.28. The fourth-order valence-corrected chi connectivity index (χ4v) is 2.32. The molecule has 1 aromatic carbocycles. The van der Waals surface area contributed by atoms with Crippen molar-refractivity contribution in [3.05, 3.63) is 29.8 Å². The van der Waals surface area contributed by atoms with Crippen molar-refractivity contribution in [2.24, 2.45) is 21.0 Å². The molecule has 136 valence electrons. The SMILES string of the molecule is COc1cc(/C=N\NC2=NN=C(N)Cc3ncnn32)cc(OC)c1OC. The molecule has 2 heterocycles. The molecule has 26 heavy (non-hydrogen) atoms. The molecule has 0 unspecified atom stereocenters. The molecular weight excluding hydrogens is 340 g/mol. The fraction of sp³-hybridized carbons (Fsp3) is 0.267. The number of nitrogens with zero attached hydrogens (tertiary/aromatic N) is 6. The largest absolute Gasteiger partial charge is 0.493 e. The molecule has 11 nitrogen and oxygen atoms in total. The Morgan fingerprint density at radius 3 is 2.54 bits per heavy atom. The molecule has 3 N–H and O–H groups in total.